The van der Waals surface area contributed by atoms with E-state index in [-0.39, 0.29) is 29.8 Å². The van der Waals surface area contributed by atoms with Crippen molar-refractivity contribution in [1.29, 1.82) is 0 Å². The van der Waals surface area contributed by atoms with E-state index in [0.717, 1.165) is 54.0 Å². The molecule has 40 heavy (non-hydrogen) atoms. The number of amides is 1. The molecule has 2 aliphatic carbocycles. The van der Waals surface area contributed by atoms with E-state index < -0.39 is 0 Å². The number of anilines is 1. The van der Waals surface area contributed by atoms with Crippen molar-refractivity contribution in [2.75, 3.05) is 25.0 Å². The molecule has 1 unspecified atom stereocenters. The Hall–Kier alpha value is -4.27. The third kappa shape index (κ3) is 4.59. The molecule has 1 aliphatic heterocycles. The summed E-state index contributed by atoms with van der Waals surface area (Å²) in [5, 5.41) is 5.76. The van der Waals surface area contributed by atoms with Crippen LogP contribution in [0.2, 0.25) is 0 Å². The van der Waals surface area contributed by atoms with Gasteiger partial charge in [-0.15, -0.1) is 0 Å². The molecular formula is C31H32N6O3. The highest BCUT2D eigenvalue weighted by molar-refractivity contribution is 5.87. The Kier molecular flexibility index (Phi) is 6.21. The van der Waals surface area contributed by atoms with Gasteiger partial charge in [-0.2, -0.15) is 4.98 Å². The van der Waals surface area contributed by atoms with Crippen molar-refractivity contribution >= 4 is 28.6 Å². The summed E-state index contributed by atoms with van der Waals surface area (Å²) in [6.45, 7) is 3.63. The van der Waals surface area contributed by atoms with Crippen LogP contribution < -0.4 is 5.32 Å². The Morgan fingerprint density at radius 3 is 2.67 bits per heavy atom. The highest BCUT2D eigenvalue weighted by Gasteiger charge is 2.37. The molecule has 2 aromatic heterocycles. The second-order valence-corrected chi connectivity index (χ2v) is 11.0. The smallest absolute Gasteiger partial charge is 0.309 e. The van der Waals surface area contributed by atoms with E-state index in [1.54, 1.807) is 6.20 Å². The number of carbonyl (C=O) groups excluding carboxylic acids is 2. The summed E-state index contributed by atoms with van der Waals surface area (Å²) in [6.07, 6.45) is 5.75. The number of likely N-dealkylation sites (tertiary alicyclic amines) is 1. The third-order valence-corrected chi connectivity index (χ3v) is 8.19. The maximum Gasteiger partial charge on any atom is 0.309 e. The quantitative estimate of drug-likeness (QED) is 0.354. The van der Waals surface area contributed by atoms with Gasteiger partial charge in [0.1, 0.15) is 11.6 Å². The highest BCUT2D eigenvalue weighted by Crippen LogP contribution is 2.36. The van der Waals surface area contributed by atoms with Crippen LogP contribution in [0.15, 0.2) is 54.7 Å². The van der Waals surface area contributed by atoms with Crippen LogP contribution in [0, 0.1) is 11.8 Å². The molecule has 0 bridgehead atoms. The lowest BCUT2D eigenvalue weighted by Crippen LogP contribution is -2.32. The van der Waals surface area contributed by atoms with Crippen molar-refractivity contribution < 1.29 is 14.3 Å². The number of carbonyl (C=O) groups is 2. The largest absolute Gasteiger partial charge is 0.466 e. The molecule has 3 aliphatic rings. The first-order valence-electron chi connectivity index (χ1n) is 14.2. The van der Waals surface area contributed by atoms with E-state index in [0.29, 0.717) is 37.8 Å². The number of rotatable bonds is 7. The number of benzene rings is 2. The Morgan fingerprint density at radius 2 is 1.85 bits per heavy atom. The molecule has 0 spiro atoms. The monoisotopic (exact) mass is 536 g/mol. The minimum atomic E-state index is -0.248. The Bertz CT molecular complexity index is 1610. The van der Waals surface area contributed by atoms with Gasteiger partial charge >= 0.3 is 5.97 Å². The number of nitrogens with zero attached hydrogens (tertiary/aromatic N) is 5. The molecule has 1 N–H and O–H groups in total. The normalized spacial score (nSPS) is 20.1. The fourth-order valence-electron chi connectivity index (χ4n) is 6.00. The Morgan fingerprint density at radius 1 is 1.00 bits per heavy atom. The van der Waals surface area contributed by atoms with Crippen LogP contribution in [-0.2, 0) is 27.2 Å². The van der Waals surface area contributed by atoms with E-state index >= 15 is 0 Å². The minimum Gasteiger partial charge on any atom is -0.466 e. The van der Waals surface area contributed by atoms with Crippen LogP contribution >= 0.6 is 0 Å². The topological polar surface area (TPSA) is 102 Å². The molecule has 0 radical (unpaired) electrons. The molecular weight excluding hydrogens is 504 g/mol. The van der Waals surface area contributed by atoms with Crippen LogP contribution in [-0.4, -0.2) is 62.0 Å². The average Bonchev–Trinajstić information content (AvgIpc) is 3.41. The first-order valence-corrected chi connectivity index (χ1v) is 14.2. The van der Waals surface area contributed by atoms with E-state index in [2.05, 4.69) is 45.2 Å². The summed E-state index contributed by atoms with van der Waals surface area (Å²) in [5.41, 5.74) is 2.87. The first kappa shape index (κ1) is 24.7. The number of imidazole rings is 1. The van der Waals surface area contributed by atoms with E-state index in [9.17, 15) is 9.59 Å². The molecule has 204 valence electrons. The number of nitrogens with one attached hydrogen (secondary N) is 1. The van der Waals surface area contributed by atoms with Gasteiger partial charge in [-0.25, -0.2) is 9.97 Å². The van der Waals surface area contributed by atoms with Gasteiger partial charge in [0, 0.05) is 55.3 Å². The van der Waals surface area contributed by atoms with E-state index in [1.165, 1.54) is 5.39 Å². The van der Waals surface area contributed by atoms with Gasteiger partial charge in [0.05, 0.1) is 18.2 Å². The van der Waals surface area contributed by atoms with Crippen LogP contribution in [0.3, 0.4) is 0 Å². The third-order valence-electron chi connectivity index (χ3n) is 8.19. The van der Waals surface area contributed by atoms with Crippen LogP contribution in [0.4, 0.5) is 5.95 Å². The lowest BCUT2D eigenvalue weighted by Gasteiger charge is -2.17. The standard InChI is InChI=1S/C31H32N6O3/c1-2-40-30(39)23-16-25-26(17-23)37(28(34-25)22-10-7-19-5-3-4-6-21(19)15-22)27-11-13-32-31(35-27)33-24-12-14-36(18-24)29(38)20-8-9-20/h3-7,10-11,13,15,20,23-24H,2,8-9,12,14,16-18H2,1H3,(H,32,33,35)/t23?,24-/m1/s1. The van der Waals surface area contributed by atoms with Crippen LogP contribution in [0.5, 0.6) is 0 Å². The average molecular weight is 537 g/mol. The van der Waals surface area contributed by atoms with Crippen molar-refractivity contribution in [2.24, 2.45) is 11.8 Å². The summed E-state index contributed by atoms with van der Waals surface area (Å²) in [7, 11) is 0. The minimum absolute atomic E-state index is 0.111. The molecule has 1 saturated carbocycles. The molecule has 4 aromatic rings. The SMILES string of the molecule is CCOC(=O)C1Cc2nc(-c3ccc4ccccc4c3)n(-c3ccnc(N[C@@H]4CCN(C(=O)C5CC5)C4)n3)c2C1. The molecule has 7 rings (SSSR count). The van der Waals surface area contributed by atoms with Gasteiger partial charge in [0.25, 0.3) is 0 Å². The van der Waals surface area contributed by atoms with Crippen molar-refractivity contribution in [3.05, 3.63) is 66.1 Å². The number of esters is 1. The number of hydrogen-bond acceptors (Lipinski definition) is 7. The zero-order chi connectivity index (χ0) is 27.2. The Balaban J connectivity index is 1.22. The van der Waals surface area contributed by atoms with E-state index in [1.807, 2.05) is 30.0 Å². The Labute approximate surface area is 232 Å². The van der Waals surface area contributed by atoms with Gasteiger partial charge in [-0.05, 0) is 49.1 Å². The maximum absolute atomic E-state index is 12.6. The lowest BCUT2D eigenvalue weighted by molar-refractivity contribution is -0.147. The first-order chi connectivity index (χ1) is 19.6. The predicted molar refractivity (Wildman–Crippen MR) is 151 cm³/mol. The van der Waals surface area contributed by atoms with Crippen LogP contribution in [0.25, 0.3) is 28.0 Å². The molecule has 2 fully saturated rings. The van der Waals surface area contributed by atoms with E-state index in [4.69, 9.17) is 14.7 Å². The summed E-state index contributed by atoms with van der Waals surface area (Å²) >= 11 is 0. The van der Waals surface area contributed by atoms with Crippen molar-refractivity contribution in [3.8, 4) is 17.2 Å². The maximum atomic E-state index is 12.6. The molecule has 1 amide bonds. The summed E-state index contributed by atoms with van der Waals surface area (Å²) in [6, 6.07) is 16.6. The second kappa shape index (κ2) is 10.0. The van der Waals surface area contributed by atoms with Crippen LogP contribution in [0.1, 0.15) is 37.6 Å². The summed E-state index contributed by atoms with van der Waals surface area (Å²) in [4.78, 5) is 41.6. The number of fused-ring (bicyclic) bond motifs is 2. The fraction of sp³-hybridized carbons (Fsp3) is 0.387. The van der Waals surface area contributed by atoms with Gasteiger partial charge in [0.2, 0.25) is 11.9 Å². The molecule has 2 atom stereocenters. The molecule has 2 aromatic carbocycles. The number of aromatic nitrogens is 4. The van der Waals surface area contributed by atoms with Gasteiger partial charge in [0.15, 0.2) is 0 Å². The lowest BCUT2D eigenvalue weighted by atomic mass is 10.1. The fourth-order valence-corrected chi connectivity index (χ4v) is 6.00. The summed E-state index contributed by atoms with van der Waals surface area (Å²) in [5.74, 6) is 2.10. The number of hydrogen-bond donors (Lipinski definition) is 1. The predicted octanol–water partition coefficient (Wildman–Crippen LogP) is 4.18. The highest BCUT2D eigenvalue weighted by atomic mass is 16.5. The number of ether oxygens (including phenoxy) is 1. The second-order valence-electron chi connectivity index (χ2n) is 11.0. The summed E-state index contributed by atoms with van der Waals surface area (Å²) < 4.78 is 7.41. The zero-order valence-corrected chi connectivity index (χ0v) is 22.5. The zero-order valence-electron chi connectivity index (χ0n) is 22.5. The molecule has 3 heterocycles. The molecule has 9 nitrogen and oxygen atoms in total. The van der Waals surface area contributed by atoms with Crippen molar-refractivity contribution in [1.82, 2.24) is 24.4 Å². The molecule has 9 heteroatoms. The molecule has 1 saturated heterocycles. The van der Waals surface area contributed by atoms with Gasteiger partial charge in [-0.3, -0.25) is 14.2 Å². The van der Waals surface area contributed by atoms with Gasteiger partial charge in [-0.1, -0.05) is 36.4 Å². The van der Waals surface area contributed by atoms with Gasteiger partial charge < -0.3 is 15.0 Å². The van der Waals surface area contributed by atoms with Crippen molar-refractivity contribution in [3.63, 3.8) is 0 Å². The van der Waals surface area contributed by atoms with Crippen molar-refractivity contribution in [2.45, 2.75) is 45.1 Å².